The topological polar surface area (TPSA) is 6.25 Å². The second kappa shape index (κ2) is 12.0. The number of nitrogens with zero attached hydrogens (tertiary/aromatic N) is 2. The van der Waals surface area contributed by atoms with Crippen LogP contribution in [0.1, 0.15) is 34.7 Å². The van der Waals surface area contributed by atoms with E-state index in [0.29, 0.717) is 0 Å². The molecule has 0 N–H and O–H groups in total. The summed E-state index contributed by atoms with van der Waals surface area (Å²) in [5.41, 5.74) is 11.1. The lowest BCUT2D eigenvalue weighted by molar-refractivity contribution is -0.401. The molecule has 2 nitrogen and oxygen atoms in total. The molecule has 0 fully saturated rings. The van der Waals surface area contributed by atoms with E-state index in [4.69, 9.17) is 11.6 Å². The van der Waals surface area contributed by atoms with Gasteiger partial charge in [0.15, 0.2) is 5.71 Å². The highest BCUT2D eigenvalue weighted by atomic mass is 35.5. The first-order valence-corrected chi connectivity index (χ1v) is 17.3. The second-order valence-electron chi connectivity index (χ2n) is 13.8. The van der Waals surface area contributed by atoms with Crippen LogP contribution in [0.2, 0.25) is 5.02 Å². The van der Waals surface area contributed by atoms with Gasteiger partial charge >= 0.3 is 0 Å². The molecule has 2 heterocycles. The Hall–Kier alpha value is -4.92. The van der Waals surface area contributed by atoms with Gasteiger partial charge in [-0.25, -0.2) is 0 Å². The van der Waals surface area contributed by atoms with Gasteiger partial charge in [0.25, 0.3) is 0 Å². The van der Waals surface area contributed by atoms with Crippen LogP contribution in [0, 0.1) is 0 Å². The molecule has 8 rings (SSSR count). The number of rotatable bonds is 7. The number of likely N-dealkylation sites (N-methyl/N-ethyl adjacent to an activating group) is 1. The van der Waals surface area contributed by atoms with E-state index in [0.717, 1.165) is 24.3 Å². The number of allylic oxidation sites excluding steroid dienone is 2. The minimum atomic E-state index is -0.351. The van der Waals surface area contributed by atoms with Crippen molar-refractivity contribution in [1.29, 1.82) is 0 Å². The zero-order valence-electron chi connectivity index (χ0n) is 27.8. The first-order chi connectivity index (χ1) is 23.4. The Kier molecular flexibility index (Phi) is 7.57. The minimum Gasteiger partial charge on any atom is -0.347 e. The van der Waals surface area contributed by atoms with Crippen LogP contribution in [0.3, 0.4) is 0 Å². The minimum absolute atomic E-state index is 0.280. The third-order valence-corrected chi connectivity index (χ3v) is 11.0. The van der Waals surface area contributed by atoms with Crippen molar-refractivity contribution in [3.8, 4) is 0 Å². The number of anilines is 1. The van der Waals surface area contributed by atoms with Crippen LogP contribution in [0.4, 0.5) is 11.4 Å². The van der Waals surface area contributed by atoms with Crippen molar-refractivity contribution >= 4 is 39.5 Å². The van der Waals surface area contributed by atoms with E-state index < -0.39 is 0 Å². The van der Waals surface area contributed by atoms with Gasteiger partial charge in [0.2, 0.25) is 5.69 Å². The van der Waals surface area contributed by atoms with Crippen molar-refractivity contribution in [3.05, 3.63) is 190 Å². The number of hydrogen-bond donors (Lipinski definition) is 0. The van der Waals surface area contributed by atoms with E-state index in [2.05, 4.69) is 176 Å². The van der Waals surface area contributed by atoms with Crippen molar-refractivity contribution in [2.75, 3.05) is 19.0 Å². The maximum Gasteiger partial charge on any atom is 0.210 e. The normalized spacial score (nSPS) is 18.8. The van der Waals surface area contributed by atoms with Gasteiger partial charge in [-0.1, -0.05) is 127 Å². The van der Waals surface area contributed by atoms with Crippen molar-refractivity contribution < 1.29 is 4.58 Å². The molecule has 0 bridgehead atoms. The number of fused-ring (bicyclic) bond motifs is 4. The van der Waals surface area contributed by atoms with Crippen molar-refractivity contribution in [2.45, 2.75) is 37.0 Å². The fourth-order valence-corrected chi connectivity index (χ4v) is 8.82. The molecule has 0 aliphatic carbocycles. The lowest BCUT2D eigenvalue weighted by Gasteiger charge is -2.34. The highest BCUT2D eigenvalue weighted by Crippen LogP contribution is 2.53. The lowest BCUT2D eigenvalue weighted by Crippen LogP contribution is -2.38. The number of halogens is 1. The molecule has 0 saturated heterocycles. The average Bonchev–Trinajstić information content (AvgIpc) is 3.45. The third kappa shape index (κ3) is 4.98. The average molecular weight is 644 g/mol. The Bertz CT molecular complexity index is 2160. The Balaban J connectivity index is 1.40. The van der Waals surface area contributed by atoms with Crippen LogP contribution in [-0.2, 0) is 30.1 Å². The SMILES string of the molecule is CN1C(=CC2=[N+](C)c3ccc4ccccc4c3C2(C)Cc2ccccc2)C(Cc2ccccc2)(Cc2ccccc2)c2cc(Cl)ccc21. The van der Waals surface area contributed by atoms with E-state index in [9.17, 15) is 0 Å². The van der Waals surface area contributed by atoms with Crippen LogP contribution < -0.4 is 4.90 Å². The summed E-state index contributed by atoms with van der Waals surface area (Å²) in [4.78, 5) is 2.43. The van der Waals surface area contributed by atoms with Crippen molar-refractivity contribution in [2.24, 2.45) is 0 Å². The molecular weight excluding hydrogens is 604 g/mol. The fraction of sp³-hybridized carbons (Fsp3) is 0.178. The van der Waals surface area contributed by atoms with E-state index in [1.165, 1.54) is 61.4 Å². The van der Waals surface area contributed by atoms with Crippen LogP contribution in [0.25, 0.3) is 10.8 Å². The Morgan fingerprint density at radius 1 is 0.667 bits per heavy atom. The molecule has 2 aliphatic heterocycles. The summed E-state index contributed by atoms with van der Waals surface area (Å²) in [7, 11) is 4.49. The molecule has 0 radical (unpaired) electrons. The van der Waals surface area contributed by atoms with Gasteiger partial charge in [-0.3, -0.25) is 0 Å². The first kappa shape index (κ1) is 30.4. The summed E-state index contributed by atoms with van der Waals surface area (Å²) in [6.07, 6.45) is 5.14. The highest BCUT2D eigenvalue weighted by Gasteiger charge is 2.52. The van der Waals surface area contributed by atoms with Gasteiger partial charge in [0, 0.05) is 46.6 Å². The van der Waals surface area contributed by atoms with Gasteiger partial charge in [0.05, 0.1) is 5.41 Å². The number of hydrogen-bond acceptors (Lipinski definition) is 1. The summed E-state index contributed by atoms with van der Waals surface area (Å²) >= 11 is 6.85. The van der Waals surface area contributed by atoms with Gasteiger partial charge < -0.3 is 4.90 Å². The number of benzene rings is 6. The molecule has 6 aromatic rings. The van der Waals surface area contributed by atoms with Crippen molar-refractivity contribution in [3.63, 3.8) is 0 Å². The van der Waals surface area contributed by atoms with Crippen LogP contribution in [-0.4, -0.2) is 24.4 Å². The summed E-state index contributed by atoms with van der Waals surface area (Å²) in [5.74, 6) is 0. The Labute approximate surface area is 289 Å². The maximum absolute atomic E-state index is 6.85. The molecule has 0 spiro atoms. The van der Waals surface area contributed by atoms with E-state index >= 15 is 0 Å². The molecule has 1 unspecified atom stereocenters. The molecule has 0 aromatic heterocycles. The highest BCUT2D eigenvalue weighted by molar-refractivity contribution is 6.30. The molecule has 0 amide bonds. The predicted octanol–water partition coefficient (Wildman–Crippen LogP) is 10.5. The van der Waals surface area contributed by atoms with E-state index in [-0.39, 0.29) is 10.8 Å². The standard InChI is InChI=1S/C45H40ClN2/c1-44(29-32-15-7-4-8-16-32)41(48(3)40-25-23-35-21-13-14-22-37(35)43(40)44)28-42-45(30-33-17-9-5-10-18-33,31-34-19-11-6-12-20-34)38-27-36(46)24-26-39(38)47(42)2/h4-28H,29-31H2,1-3H3/q+1. The van der Waals surface area contributed by atoms with Gasteiger partial charge in [-0.2, -0.15) is 4.58 Å². The first-order valence-electron chi connectivity index (χ1n) is 16.9. The molecule has 0 saturated carbocycles. The molecule has 2 aliphatic rings. The zero-order valence-corrected chi connectivity index (χ0v) is 28.6. The maximum atomic E-state index is 6.85. The molecule has 236 valence electrons. The van der Waals surface area contributed by atoms with Crippen LogP contribution >= 0.6 is 11.6 Å². The molecule has 48 heavy (non-hydrogen) atoms. The lowest BCUT2D eigenvalue weighted by atomic mass is 9.68. The molecule has 3 heteroatoms. The Morgan fingerprint density at radius 2 is 1.23 bits per heavy atom. The van der Waals surface area contributed by atoms with Crippen LogP contribution in [0.15, 0.2) is 157 Å². The van der Waals surface area contributed by atoms with E-state index in [1.807, 2.05) is 6.07 Å². The zero-order chi connectivity index (χ0) is 32.9. The monoisotopic (exact) mass is 643 g/mol. The van der Waals surface area contributed by atoms with Gasteiger partial charge in [-0.15, -0.1) is 0 Å². The second-order valence-corrected chi connectivity index (χ2v) is 14.2. The van der Waals surface area contributed by atoms with E-state index in [1.54, 1.807) is 0 Å². The molecule has 1 atom stereocenters. The van der Waals surface area contributed by atoms with Crippen LogP contribution in [0.5, 0.6) is 0 Å². The van der Waals surface area contributed by atoms with Crippen molar-refractivity contribution in [1.82, 2.24) is 0 Å². The van der Waals surface area contributed by atoms with Gasteiger partial charge in [-0.05, 0) is 83.5 Å². The quantitative estimate of drug-likeness (QED) is 0.157. The molecule has 6 aromatic carbocycles. The fourth-order valence-electron chi connectivity index (χ4n) is 8.65. The molecular formula is C45H40ClN2+. The summed E-state index contributed by atoms with van der Waals surface area (Å²) in [5, 5.41) is 3.37. The smallest absolute Gasteiger partial charge is 0.210 e. The largest absolute Gasteiger partial charge is 0.347 e. The Morgan fingerprint density at radius 3 is 1.85 bits per heavy atom. The predicted molar refractivity (Wildman–Crippen MR) is 202 cm³/mol. The summed E-state index contributed by atoms with van der Waals surface area (Å²) < 4.78 is 2.46. The van der Waals surface area contributed by atoms with Gasteiger partial charge in [0.1, 0.15) is 7.05 Å². The summed E-state index contributed by atoms with van der Waals surface area (Å²) in [6.45, 7) is 2.45. The summed E-state index contributed by atoms with van der Waals surface area (Å²) in [6, 6.07) is 52.8. The third-order valence-electron chi connectivity index (χ3n) is 10.8.